The largest absolute Gasteiger partial charge is 0.346 e. The Labute approximate surface area is 164 Å². The molecule has 28 heavy (non-hydrogen) atoms. The summed E-state index contributed by atoms with van der Waals surface area (Å²) in [5.41, 5.74) is 3.00. The number of nitrogens with one attached hydrogen (secondary N) is 1. The van der Waals surface area contributed by atoms with Crippen LogP contribution in [0.1, 0.15) is 12.5 Å². The smallest absolute Gasteiger partial charge is 0.272 e. The second-order valence-corrected chi connectivity index (χ2v) is 7.12. The summed E-state index contributed by atoms with van der Waals surface area (Å²) in [6, 6.07) is 13.9. The zero-order chi connectivity index (χ0) is 20.3. The molecule has 2 aromatic carbocycles. The molecule has 3 aromatic rings. The Morgan fingerprint density at radius 1 is 1.14 bits per heavy atom. The van der Waals surface area contributed by atoms with Crippen LogP contribution in [0.15, 0.2) is 62.2 Å². The van der Waals surface area contributed by atoms with Gasteiger partial charge in [-0.2, -0.15) is 10.2 Å². The highest BCUT2D eigenvalue weighted by Gasteiger charge is 2.11. The maximum Gasteiger partial charge on any atom is 0.346 e. The molecule has 144 valence electrons. The lowest BCUT2D eigenvalue weighted by Gasteiger charge is -2.06. The van der Waals surface area contributed by atoms with Crippen LogP contribution in [-0.4, -0.2) is 31.7 Å². The van der Waals surface area contributed by atoms with E-state index in [1.165, 1.54) is 14.1 Å². The molecule has 0 radical (unpaired) electrons. The first-order valence-corrected chi connectivity index (χ1v) is 9.45. The topological polar surface area (TPSA) is 98.3 Å². The van der Waals surface area contributed by atoms with Crippen LogP contribution in [0.3, 0.4) is 0 Å². The van der Waals surface area contributed by atoms with Gasteiger partial charge < -0.3 is 0 Å². The van der Waals surface area contributed by atoms with Crippen molar-refractivity contribution in [3.63, 3.8) is 0 Å². The third-order valence-corrected chi connectivity index (χ3v) is 5.08. The lowest BCUT2D eigenvalue weighted by Crippen LogP contribution is -2.39. The molecule has 0 aliphatic rings. The number of benzene rings is 2. The van der Waals surface area contributed by atoms with Crippen LogP contribution in [-0.2, 0) is 18.9 Å². The molecule has 0 bridgehead atoms. The van der Waals surface area contributed by atoms with Gasteiger partial charge in [-0.05, 0) is 29.3 Å². The quantitative estimate of drug-likeness (QED) is 0.397. The molecule has 0 aliphatic carbocycles. The number of aryl methyl sites for hydroxylation is 1. The average molecular weight is 397 g/mol. The number of nitrogens with zero attached hydrogens (tertiary/aromatic N) is 4. The Morgan fingerprint density at radius 2 is 1.86 bits per heavy atom. The minimum atomic E-state index is -0.531. The van der Waals surface area contributed by atoms with Gasteiger partial charge in [0.25, 0.3) is 5.56 Å². The summed E-state index contributed by atoms with van der Waals surface area (Å²) in [6.07, 6.45) is 0. The number of hydrazone groups is 1. The van der Waals surface area contributed by atoms with E-state index >= 15 is 0 Å². The van der Waals surface area contributed by atoms with Gasteiger partial charge in [-0.25, -0.2) is 14.9 Å². The number of rotatable bonds is 5. The van der Waals surface area contributed by atoms with Gasteiger partial charge in [0.2, 0.25) is 5.91 Å². The molecule has 0 aliphatic heterocycles. The average Bonchev–Trinajstić information content (AvgIpc) is 2.71. The number of fused-ring (bicyclic) bond motifs is 1. The number of amides is 1. The van der Waals surface area contributed by atoms with Crippen LogP contribution in [0.25, 0.3) is 10.8 Å². The van der Waals surface area contributed by atoms with E-state index < -0.39 is 11.2 Å². The van der Waals surface area contributed by atoms with Gasteiger partial charge in [0.15, 0.2) is 5.03 Å². The van der Waals surface area contributed by atoms with Crippen molar-refractivity contribution in [1.82, 2.24) is 19.8 Å². The lowest BCUT2D eigenvalue weighted by molar-refractivity contribution is -0.118. The van der Waals surface area contributed by atoms with E-state index in [9.17, 15) is 14.4 Å². The standard InChI is InChI=1S/C19H19N5O3S/c1-12(14-9-8-13-6-4-5-7-15(13)10-14)20-21-16(25)11-28-17-18(26)23(2)19(27)24(3)22-17/h4-10H,11H2,1-3H3,(H,21,25)/b20-12-. The normalized spacial score (nSPS) is 11.6. The van der Waals surface area contributed by atoms with Crippen molar-refractivity contribution >= 4 is 34.2 Å². The molecule has 0 atom stereocenters. The Bertz CT molecular complexity index is 1200. The Balaban J connectivity index is 1.66. The molecule has 0 spiro atoms. The van der Waals surface area contributed by atoms with Gasteiger partial charge >= 0.3 is 5.69 Å². The predicted octanol–water partition coefficient (Wildman–Crippen LogP) is 1.26. The zero-order valence-electron chi connectivity index (χ0n) is 15.7. The van der Waals surface area contributed by atoms with Crippen molar-refractivity contribution in [1.29, 1.82) is 0 Å². The molecule has 1 amide bonds. The van der Waals surface area contributed by atoms with E-state index in [2.05, 4.69) is 15.6 Å². The summed E-state index contributed by atoms with van der Waals surface area (Å²) in [5, 5.41) is 10.3. The fourth-order valence-electron chi connectivity index (χ4n) is 2.55. The molecule has 0 unspecified atom stereocenters. The highest BCUT2D eigenvalue weighted by atomic mass is 32.2. The van der Waals surface area contributed by atoms with Crippen molar-refractivity contribution in [2.45, 2.75) is 11.9 Å². The third kappa shape index (κ3) is 4.20. The predicted molar refractivity (Wildman–Crippen MR) is 110 cm³/mol. The fraction of sp³-hybridized carbons (Fsp3) is 0.211. The van der Waals surface area contributed by atoms with Crippen molar-refractivity contribution in [2.75, 3.05) is 5.75 Å². The number of thioether (sulfide) groups is 1. The van der Waals surface area contributed by atoms with Crippen molar-refractivity contribution in [3.05, 3.63) is 68.9 Å². The molecule has 1 N–H and O–H groups in total. The SMILES string of the molecule is C/C(=N/NC(=O)CSc1nn(C)c(=O)n(C)c1=O)c1ccc2ccccc2c1. The maximum absolute atomic E-state index is 12.1. The highest BCUT2D eigenvalue weighted by molar-refractivity contribution is 7.99. The first kappa shape index (κ1) is 19.6. The van der Waals surface area contributed by atoms with Crippen LogP contribution in [0.5, 0.6) is 0 Å². The highest BCUT2D eigenvalue weighted by Crippen LogP contribution is 2.16. The summed E-state index contributed by atoms with van der Waals surface area (Å²) < 4.78 is 2.01. The van der Waals surface area contributed by atoms with Crippen LogP contribution < -0.4 is 16.7 Å². The number of hydrogen-bond donors (Lipinski definition) is 1. The molecule has 8 nitrogen and oxygen atoms in total. The van der Waals surface area contributed by atoms with Crippen molar-refractivity contribution < 1.29 is 4.79 Å². The lowest BCUT2D eigenvalue weighted by atomic mass is 10.0. The monoisotopic (exact) mass is 397 g/mol. The van der Waals surface area contributed by atoms with E-state index in [-0.39, 0.29) is 16.7 Å². The number of aromatic nitrogens is 3. The minimum Gasteiger partial charge on any atom is -0.272 e. The fourth-order valence-corrected chi connectivity index (χ4v) is 3.32. The molecule has 3 rings (SSSR count). The summed E-state index contributed by atoms with van der Waals surface area (Å²) in [4.78, 5) is 35.7. The van der Waals surface area contributed by atoms with Crippen molar-refractivity contribution in [2.24, 2.45) is 19.2 Å². The maximum atomic E-state index is 12.1. The van der Waals surface area contributed by atoms with Gasteiger partial charge in [-0.15, -0.1) is 0 Å². The summed E-state index contributed by atoms with van der Waals surface area (Å²) in [5.74, 6) is -0.419. The first-order chi connectivity index (χ1) is 13.4. The zero-order valence-corrected chi connectivity index (χ0v) is 16.5. The minimum absolute atomic E-state index is 0.0467. The Hall–Kier alpha value is -3.20. The molecule has 1 heterocycles. The second kappa shape index (κ2) is 8.22. The molecule has 9 heteroatoms. The van der Waals surface area contributed by atoms with Crippen LogP contribution in [0, 0.1) is 0 Å². The Morgan fingerprint density at radius 3 is 2.61 bits per heavy atom. The van der Waals surface area contributed by atoms with E-state index in [0.29, 0.717) is 5.71 Å². The Kier molecular flexibility index (Phi) is 5.74. The molecule has 0 saturated carbocycles. The summed E-state index contributed by atoms with van der Waals surface area (Å²) >= 11 is 0.956. The number of carbonyl (C=O) groups excluding carboxylic acids is 1. The van der Waals surface area contributed by atoms with Gasteiger partial charge in [0.1, 0.15) is 0 Å². The molecule has 0 fully saturated rings. The first-order valence-electron chi connectivity index (χ1n) is 8.46. The van der Waals surface area contributed by atoms with E-state index in [4.69, 9.17) is 0 Å². The van der Waals surface area contributed by atoms with E-state index in [1.54, 1.807) is 0 Å². The summed E-state index contributed by atoms with van der Waals surface area (Å²) in [7, 11) is 2.82. The van der Waals surface area contributed by atoms with Gasteiger partial charge in [-0.1, -0.05) is 48.2 Å². The second-order valence-electron chi connectivity index (χ2n) is 6.16. The van der Waals surface area contributed by atoms with Gasteiger partial charge in [0, 0.05) is 14.1 Å². The van der Waals surface area contributed by atoms with E-state index in [1.807, 2.05) is 49.4 Å². The van der Waals surface area contributed by atoms with Crippen LogP contribution >= 0.6 is 11.8 Å². The molecular formula is C19H19N5O3S. The molecular weight excluding hydrogens is 378 g/mol. The van der Waals surface area contributed by atoms with Crippen LogP contribution in [0.2, 0.25) is 0 Å². The van der Waals surface area contributed by atoms with Gasteiger partial charge in [0.05, 0.1) is 11.5 Å². The third-order valence-electron chi connectivity index (χ3n) is 4.15. The van der Waals surface area contributed by atoms with Crippen molar-refractivity contribution in [3.8, 4) is 0 Å². The molecule has 1 aromatic heterocycles. The number of hydrogen-bond acceptors (Lipinski definition) is 6. The summed E-state index contributed by atoms with van der Waals surface area (Å²) in [6.45, 7) is 1.81. The van der Waals surface area contributed by atoms with Crippen LogP contribution in [0.4, 0.5) is 0 Å². The number of carbonyl (C=O) groups is 1. The van der Waals surface area contributed by atoms with E-state index in [0.717, 1.165) is 37.3 Å². The molecule has 0 saturated heterocycles. The van der Waals surface area contributed by atoms with Gasteiger partial charge in [-0.3, -0.25) is 14.2 Å².